The molecule has 210 valence electrons. The Morgan fingerprint density at radius 2 is 1.66 bits per heavy atom. The number of aryl methyl sites for hydroxylation is 2. The van der Waals surface area contributed by atoms with Crippen molar-refractivity contribution in [2.24, 2.45) is 0 Å². The molecule has 0 saturated carbocycles. The molecule has 0 aliphatic carbocycles. The van der Waals surface area contributed by atoms with Crippen molar-refractivity contribution in [2.75, 3.05) is 25.0 Å². The number of fused-ring (bicyclic) bond motifs is 1. The van der Waals surface area contributed by atoms with Gasteiger partial charge < -0.3 is 10.2 Å². The van der Waals surface area contributed by atoms with E-state index in [9.17, 15) is 4.79 Å². The van der Waals surface area contributed by atoms with Crippen LogP contribution in [0.4, 0.5) is 11.6 Å². The molecule has 2 heterocycles. The Morgan fingerprint density at radius 3 is 2.34 bits per heavy atom. The molecule has 0 radical (unpaired) electrons. The second-order valence-electron chi connectivity index (χ2n) is 10.2. The van der Waals surface area contributed by atoms with Crippen molar-refractivity contribution in [1.29, 1.82) is 0 Å². The summed E-state index contributed by atoms with van der Waals surface area (Å²) in [4.78, 5) is 25.4. The summed E-state index contributed by atoms with van der Waals surface area (Å²) in [6, 6.07) is 24.3. The summed E-state index contributed by atoms with van der Waals surface area (Å²) in [6.07, 6.45) is 2.77. The number of nitrogens with zero attached hydrogens (tertiary/aromatic N) is 4. The van der Waals surface area contributed by atoms with Gasteiger partial charge in [-0.2, -0.15) is 4.98 Å². The lowest BCUT2D eigenvalue weighted by molar-refractivity contribution is 0.308. The van der Waals surface area contributed by atoms with E-state index in [-0.39, 0.29) is 5.56 Å². The summed E-state index contributed by atoms with van der Waals surface area (Å²) < 4.78 is 1.68. The molecule has 5 rings (SSSR count). The Hall–Kier alpha value is -4.00. The van der Waals surface area contributed by atoms with Gasteiger partial charge in [-0.3, -0.25) is 9.36 Å². The zero-order valence-electron chi connectivity index (χ0n) is 24.1. The number of nitrogens with one attached hydrogen (secondary N) is 1. The molecule has 0 spiro atoms. The first-order valence-electron chi connectivity index (χ1n) is 14.3. The van der Waals surface area contributed by atoms with Gasteiger partial charge in [0.1, 0.15) is 5.65 Å². The van der Waals surface area contributed by atoms with Crippen LogP contribution >= 0.6 is 11.6 Å². The Balaban J connectivity index is 1.42. The van der Waals surface area contributed by atoms with Gasteiger partial charge in [-0.25, -0.2) is 4.98 Å². The van der Waals surface area contributed by atoms with Crippen LogP contribution in [0.15, 0.2) is 83.8 Å². The van der Waals surface area contributed by atoms with Crippen molar-refractivity contribution in [1.82, 2.24) is 19.4 Å². The molecule has 0 bridgehead atoms. The maximum Gasteiger partial charge on any atom is 0.260 e. The maximum atomic E-state index is 13.7. The standard InChI is InChI=1S/C34H36ClN5O/c1-5-39(6-2)19-18-24-12-15-27(16-13-24)37-34-36-22-26-20-30(33(41)40(7-3)32(26)38-34)29-17-14-25(21-31(29)35)28-11-9-8-10-23(28)4/h8-17,20-22H,5-7,18-19H2,1-4H3,(H,36,37,38). The van der Waals surface area contributed by atoms with Crippen LogP contribution in [-0.2, 0) is 13.0 Å². The Kier molecular flexibility index (Phi) is 8.81. The molecule has 6 nitrogen and oxygen atoms in total. The molecule has 0 fully saturated rings. The third kappa shape index (κ3) is 6.19. The van der Waals surface area contributed by atoms with Crippen LogP contribution < -0.4 is 10.9 Å². The second-order valence-corrected chi connectivity index (χ2v) is 10.6. The summed E-state index contributed by atoms with van der Waals surface area (Å²) in [5.74, 6) is 0.448. The van der Waals surface area contributed by atoms with Gasteiger partial charge in [0.25, 0.3) is 5.56 Å². The lowest BCUT2D eigenvalue weighted by Gasteiger charge is -2.17. The van der Waals surface area contributed by atoms with Crippen LogP contribution in [0, 0.1) is 6.92 Å². The molecular formula is C34H36ClN5O. The van der Waals surface area contributed by atoms with Crippen molar-refractivity contribution >= 4 is 34.3 Å². The molecule has 7 heteroatoms. The number of hydrogen-bond donors (Lipinski definition) is 1. The first kappa shape index (κ1) is 28.5. The topological polar surface area (TPSA) is 63.1 Å². The quantitative estimate of drug-likeness (QED) is 0.188. The van der Waals surface area contributed by atoms with Crippen LogP contribution in [0.1, 0.15) is 31.9 Å². The predicted molar refractivity (Wildman–Crippen MR) is 171 cm³/mol. The molecule has 0 saturated heterocycles. The lowest BCUT2D eigenvalue weighted by atomic mass is 9.97. The van der Waals surface area contributed by atoms with Gasteiger partial charge >= 0.3 is 0 Å². The fraction of sp³-hybridized carbons (Fsp3) is 0.265. The number of pyridine rings is 1. The predicted octanol–water partition coefficient (Wildman–Crippen LogP) is 7.74. The van der Waals surface area contributed by atoms with Crippen molar-refractivity contribution in [3.8, 4) is 22.3 Å². The molecule has 41 heavy (non-hydrogen) atoms. The number of likely N-dealkylation sites (N-methyl/N-ethyl adjacent to an activating group) is 1. The van der Waals surface area contributed by atoms with Crippen LogP contribution in [0.5, 0.6) is 0 Å². The lowest BCUT2D eigenvalue weighted by Crippen LogP contribution is -2.25. The summed E-state index contributed by atoms with van der Waals surface area (Å²) in [5.41, 5.74) is 7.18. The third-order valence-electron chi connectivity index (χ3n) is 7.68. The smallest absolute Gasteiger partial charge is 0.260 e. The van der Waals surface area contributed by atoms with Gasteiger partial charge in [-0.15, -0.1) is 0 Å². The van der Waals surface area contributed by atoms with Crippen LogP contribution in [0.25, 0.3) is 33.3 Å². The molecule has 0 atom stereocenters. The van der Waals surface area contributed by atoms with Crippen molar-refractivity contribution in [3.63, 3.8) is 0 Å². The molecule has 2 aromatic heterocycles. The van der Waals surface area contributed by atoms with Crippen molar-refractivity contribution < 1.29 is 0 Å². The van der Waals surface area contributed by atoms with Crippen LogP contribution in [-0.4, -0.2) is 39.1 Å². The Morgan fingerprint density at radius 1 is 0.902 bits per heavy atom. The fourth-order valence-corrected chi connectivity index (χ4v) is 5.50. The van der Waals surface area contributed by atoms with E-state index in [1.54, 1.807) is 10.8 Å². The zero-order chi connectivity index (χ0) is 28.9. The summed E-state index contributed by atoms with van der Waals surface area (Å²) in [5, 5.41) is 4.60. The SMILES string of the molecule is CCN(CC)CCc1ccc(Nc2ncc3cc(-c4ccc(-c5ccccc5C)cc4Cl)c(=O)n(CC)c3n2)cc1. The van der Waals surface area contributed by atoms with E-state index in [0.717, 1.165) is 48.3 Å². The van der Waals surface area contributed by atoms with Gasteiger partial charge in [-0.05, 0) is 79.9 Å². The van der Waals surface area contributed by atoms with Gasteiger partial charge in [0, 0.05) is 46.5 Å². The normalized spacial score (nSPS) is 11.4. The average molecular weight is 566 g/mol. The van der Waals surface area contributed by atoms with E-state index in [1.165, 1.54) is 11.1 Å². The summed E-state index contributed by atoms with van der Waals surface area (Å²) in [7, 11) is 0. The van der Waals surface area contributed by atoms with Crippen molar-refractivity contribution in [3.05, 3.63) is 105 Å². The van der Waals surface area contributed by atoms with Crippen molar-refractivity contribution in [2.45, 2.75) is 40.7 Å². The molecule has 5 aromatic rings. The molecule has 1 N–H and O–H groups in total. The van der Waals surface area contributed by atoms with E-state index in [1.807, 2.05) is 55.5 Å². The third-order valence-corrected chi connectivity index (χ3v) is 7.99. The highest BCUT2D eigenvalue weighted by atomic mass is 35.5. The van der Waals surface area contributed by atoms with E-state index in [0.29, 0.717) is 34.3 Å². The molecule has 0 aliphatic heterocycles. The summed E-state index contributed by atoms with van der Waals surface area (Å²) in [6.45, 7) is 12.1. The van der Waals surface area contributed by atoms with Gasteiger partial charge in [0.05, 0.1) is 0 Å². The van der Waals surface area contributed by atoms with E-state index < -0.39 is 0 Å². The highest BCUT2D eigenvalue weighted by Gasteiger charge is 2.16. The van der Waals surface area contributed by atoms with Gasteiger partial charge in [0.2, 0.25) is 5.95 Å². The fourth-order valence-electron chi connectivity index (χ4n) is 5.21. The number of anilines is 2. The number of benzene rings is 3. The zero-order valence-corrected chi connectivity index (χ0v) is 24.9. The minimum atomic E-state index is -0.132. The molecule has 0 unspecified atom stereocenters. The molecule has 0 aliphatic rings. The largest absolute Gasteiger partial charge is 0.324 e. The number of aromatic nitrogens is 3. The molecular weight excluding hydrogens is 530 g/mol. The second kappa shape index (κ2) is 12.7. The number of hydrogen-bond acceptors (Lipinski definition) is 5. The van der Waals surface area contributed by atoms with E-state index in [2.05, 4.69) is 60.2 Å². The number of halogens is 1. The van der Waals surface area contributed by atoms with E-state index >= 15 is 0 Å². The highest BCUT2D eigenvalue weighted by molar-refractivity contribution is 6.33. The van der Waals surface area contributed by atoms with Gasteiger partial charge in [-0.1, -0.05) is 74.0 Å². The Bertz CT molecular complexity index is 1720. The maximum absolute atomic E-state index is 13.7. The van der Waals surface area contributed by atoms with Crippen LogP contribution in [0.3, 0.4) is 0 Å². The monoisotopic (exact) mass is 565 g/mol. The van der Waals surface area contributed by atoms with Crippen LogP contribution in [0.2, 0.25) is 5.02 Å². The minimum absolute atomic E-state index is 0.132. The summed E-state index contributed by atoms with van der Waals surface area (Å²) >= 11 is 6.77. The molecule has 0 amide bonds. The van der Waals surface area contributed by atoms with E-state index in [4.69, 9.17) is 16.6 Å². The average Bonchev–Trinajstić information content (AvgIpc) is 2.99. The Labute approximate surface area is 246 Å². The number of rotatable bonds is 10. The first-order valence-corrected chi connectivity index (χ1v) is 14.6. The minimum Gasteiger partial charge on any atom is -0.324 e. The first-order chi connectivity index (χ1) is 19.9. The highest BCUT2D eigenvalue weighted by Crippen LogP contribution is 2.33. The van der Waals surface area contributed by atoms with Gasteiger partial charge in [0.15, 0.2) is 0 Å². The molecule has 3 aromatic carbocycles.